The zero-order valence-electron chi connectivity index (χ0n) is 11.7. The van der Waals surface area contributed by atoms with Gasteiger partial charge in [0.1, 0.15) is 5.82 Å². The maximum absolute atomic E-state index is 12.2. The van der Waals surface area contributed by atoms with Crippen molar-refractivity contribution in [1.82, 2.24) is 9.88 Å². The van der Waals surface area contributed by atoms with Crippen LogP contribution in [-0.4, -0.2) is 42.0 Å². The number of amides is 1. The first kappa shape index (κ1) is 13.6. The van der Waals surface area contributed by atoms with Gasteiger partial charge in [0.15, 0.2) is 0 Å². The minimum Gasteiger partial charge on any atom is -0.353 e. The van der Waals surface area contributed by atoms with Crippen LogP contribution in [0.1, 0.15) is 20.3 Å². The van der Waals surface area contributed by atoms with Crippen molar-refractivity contribution in [2.45, 2.75) is 20.3 Å². The van der Waals surface area contributed by atoms with Gasteiger partial charge in [0.2, 0.25) is 5.91 Å². The molecule has 0 saturated carbocycles. The quantitative estimate of drug-likeness (QED) is 0.780. The predicted octanol–water partition coefficient (Wildman–Crippen LogP) is 2.09. The van der Waals surface area contributed by atoms with E-state index in [2.05, 4.69) is 16.8 Å². The van der Waals surface area contributed by atoms with Gasteiger partial charge in [-0.3, -0.25) is 4.79 Å². The minimum atomic E-state index is 0.169. The number of aromatic nitrogens is 1. The van der Waals surface area contributed by atoms with Crippen LogP contribution in [-0.2, 0) is 4.79 Å². The van der Waals surface area contributed by atoms with E-state index in [0.717, 1.165) is 44.0 Å². The summed E-state index contributed by atoms with van der Waals surface area (Å²) in [5, 5.41) is 0. The van der Waals surface area contributed by atoms with E-state index in [1.54, 1.807) is 6.20 Å². The molecule has 0 N–H and O–H groups in total. The van der Waals surface area contributed by atoms with E-state index in [4.69, 9.17) is 0 Å². The van der Waals surface area contributed by atoms with Crippen molar-refractivity contribution < 1.29 is 4.79 Å². The lowest BCUT2D eigenvalue weighted by molar-refractivity contribution is -0.127. The minimum absolute atomic E-state index is 0.169. The maximum Gasteiger partial charge on any atom is 0.249 e. The molecule has 2 heterocycles. The summed E-state index contributed by atoms with van der Waals surface area (Å²) in [7, 11) is 0. The average molecular weight is 259 g/mol. The maximum atomic E-state index is 12.2. The van der Waals surface area contributed by atoms with Gasteiger partial charge in [0, 0.05) is 37.9 Å². The molecule has 0 bridgehead atoms. The number of anilines is 1. The molecule has 1 aliphatic heterocycles. The lowest BCUT2D eigenvalue weighted by atomic mass is 10.2. The molecule has 19 heavy (non-hydrogen) atoms. The summed E-state index contributed by atoms with van der Waals surface area (Å²) in [5.74, 6) is 1.16. The number of carbonyl (C=O) groups is 1. The van der Waals surface area contributed by atoms with E-state index in [9.17, 15) is 4.79 Å². The number of allylic oxidation sites excluding steroid dienone is 1. The molecule has 0 aliphatic carbocycles. The van der Waals surface area contributed by atoms with Crippen molar-refractivity contribution in [2.75, 3.05) is 31.1 Å². The molecule has 1 aromatic heterocycles. The topological polar surface area (TPSA) is 36.4 Å². The van der Waals surface area contributed by atoms with Crippen LogP contribution in [0.2, 0.25) is 0 Å². The standard InChI is InChI=1S/C15H21N3O/c1-3-6-13(2)15(19)18-11-9-17(10-12-18)14-7-4-5-8-16-14/h4-8H,3,9-12H2,1-2H3/b13-6-. The summed E-state index contributed by atoms with van der Waals surface area (Å²) >= 11 is 0. The van der Waals surface area contributed by atoms with Crippen LogP contribution in [0, 0.1) is 0 Å². The summed E-state index contributed by atoms with van der Waals surface area (Å²) < 4.78 is 0. The molecule has 1 aliphatic rings. The SMILES string of the molecule is CC/C=C(/C)C(=O)N1CCN(c2ccccn2)CC1. The van der Waals surface area contributed by atoms with Gasteiger partial charge in [-0.25, -0.2) is 4.98 Å². The summed E-state index contributed by atoms with van der Waals surface area (Å²) in [5.41, 5.74) is 0.855. The Morgan fingerprint density at radius 3 is 2.63 bits per heavy atom. The normalized spacial score (nSPS) is 16.6. The van der Waals surface area contributed by atoms with E-state index in [1.807, 2.05) is 36.1 Å². The molecule has 1 amide bonds. The average Bonchev–Trinajstić information content (AvgIpc) is 2.48. The highest BCUT2D eigenvalue weighted by Gasteiger charge is 2.22. The van der Waals surface area contributed by atoms with Gasteiger partial charge in [-0.2, -0.15) is 0 Å². The smallest absolute Gasteiger partial charge is 0.249 e. The molecule has 0 spiro atoms. The van der Waals surface area contributed by atoms with Crippen LogP contribution in [0.25, 0.3) is 0 Å². The molecule has 4 nitrogen and oxygen atoms in total. The molecule has 1 saturated heterocycles. The van der Waals surface area contributed by atoms with Gasteiger partial charge in [0.25, 0.3) is 0 Å². The van der Waals surface area contributed by atoms with E-state index >= 15 is 0 Å². The van der Waals surface area contributed by atoms with Crippen LogP contribution >= 0.6 is 0 Å². The number of piperazine rings is 1. The zero-order valence-corrected chi connectivity index (χ0v) is 11.7. The molecule has 1 fully saturated rings. The molecular formula is C15H21N3O. The Hall–Kier alpha value is -1.84. The predicted molar refractivity (Wildman–Crippen MR) is 77.1 cm³/mol. The summed E-state index contributed by atoms with van der Waals surface area (Å²) in [6, 6.07) is 5.93. The summed E-state index contributed by atoms with van der Waals surface area (Å²) in [4.78, 5) is 20.7. The van der Waals surface area contributed by atoms with Gasteiger partial charge in [0.05, 0.1) is 0 Å². The van der Waals surface area contributed by atoms with Crippen molar-refractivity contribution in [3.05, 3.63) is 36.0 Å². The second-order valence-corrected chi connectivity index (χ2v) is 4.76. The Morgan fingerprint density at radius 1 is 1.32 bits per heavy atom. The van der Waals surface area contributed by atoms with Crippen LogP contribution in [0.4, 0.5) is 5.82 Å². The van der Waals surface area contributed by atoms with E-state index in [-0.39, 0.29) is 5.91 Å². The third-order valence-electron chi connectivity index (χ3n) is 3.39. The highest BCUT2D eigenvalue weighted by Crippen LogP contribution is 2.14. The Morgan fingerprint density at radius 2 is 2.05 bits per heavy atom. The molecule has 4 heteroatoms. The molecule has 1 aromatic rings. The first-order valence-corrected chi connectivity index (χ1v) is 6.84. The first-order valence-electron chi connectivity index (χ1n) is 6.84. The largest absolute Gasteiger partial charge is 0.353 e. The number of nitrogens with zero attached hydrogens (tertiary/aromatic N) is 3. The Labute approximate surface area is 114 Å². The monoisotopic (exact) mass is 259 g/mol. The van der Waals surface area contributed by atoms with Crippen molar-refractivity contribution in [3.63, 3.8) is 0 Å². The molecule has 0 aromatic carbocycles. The van der Waals surface area contributed by atoms with Crippen molar-refractivity contribution in [1.29, 1.82) is 0 Å². The first-order chi connectivity index (χ1) is 9.22. The van der Waals surface area contributed by atoms with Crippen LogP contribution in [0.5, 0.6) is 0 Å². The van der Waals surface area contributed by atoms with E-state index in [1.165, 1.54) is 0 Å². The van der Waals surface area contributed by atoms with Crippen LogP contribution in [0.3, 0.4) is 0 Å². The molecule has 102 valence electrons. The highest BCUT2D eigenvalue weighted by atomic mass is 16.2. The van der Waals surface area contributed by atoms with Gasteiger partial charge >= 0.3 is 0 Å². The molecule has 0 radical (unpaired) electrons. The number of hydrogen-bond donors (Lipinski definition) is 0. The molecular weight excluding hydrogens is 238 g/mol. The van der Waals surface area contributed by atoms with Gasteiger partial charge < -0.3 is 9.80 Å². The number of rotatable bonds is 3. The third kappa shape index (κ3) is 3.34. The van der Waals surface area contributed by atoms with Crippen molar-refractivity contribution in [3.8, 4) is 0 Å². The molecule has 0 unspecified atom stereocenters. The lowest BCUT2D eigenvalue weighted by Crippen LogP contribution is -2.49. The lowest BCUT2D eigenvalue weighted by Gasteiger charge is -2.35. The van der Waals surface area contributed by atoms with Crippen molar-refractivity contribution in [2.24, 2.45) is 0 Å². The summed E-state index contributed by atoms with van der Waals surface area (Å²) in [6.07, 6.45) is 4.71. The summed E-state index contributed by atoms with van der Waals surface area (Å²) in [6.45, 7) is 7.19. The Balaban J connectivity index is 1.93. The fraction of sp³-hybridized carbons (Fsp3) is 0.467. The number of hydrogen-bond acceptors (Lipinski definition) is 3. The van der Waals surface area contributed by atoms with Crippen LogP contribution in [0.15, 0.2) is 36.0 Å². The Bertz CT molecular complexity index is 448. The number of pyridine rings is 1. The van der Waals surface area contributed by atoms with Gasteiger partial charge in [-0.05, 0) is 25.5 Å². The third-order valence-corrected chi connectivity index (χ3v) is 3.39. The number of carbonyl (C=O) groups excluding carboxylic acids is 1. The fourth-order valence-corrected chi connectivity index (χ4v) is 2.32. The highest BCUT2D eigenvalue weighted by molar-refractivity contribution is 5.92. The Kier molecular flexibility index (Phi) is 4.55. The van der Waals surface area contributed by atoms with E-state index in [0.29, 0.717) is 0 Å². The fourth-order valence-electron chi connectivity index (χ4n) is 2.32. The second-order valence-electron chi connectivity index (χ2n) is 4.76. The van der Waals surface area contributed by atoms with Gasteiger partial charge in [-0.15, -0.1) is 0 Å². The zero-order chi connectivity index (χ0) is 13.7. The second kappa shape index (κ2) is 6.36. The van der Waals surface area contributed by atoms with Gasteiger partial charge in [-0.1, -0.05) is 19.1 Å². The van der Waals surface area contributed by atoms with Crippen LogP contribution < -0.4 is 4.90 Å². The van der Waals surface area contributed by atoms with E-state index < -0.39 is 0 Å². The molecule has 2 rings (SSSR count). The molecule has 0 atom stereocenters. The van der Waals surface area contributed by atoms with Crippen molar-refractivity contribution >= 4 is 11.7 Å².